The molecule has 1 rings (SSSR count). The largest absolute Gasteiger partial charge is 0.375 e. The van der Waals surface area contributed by atoms with E-state index < -0.39 is 0 Å². The molecule has 0 amide bonds. The molecule has 0 aliphatic carbocycles. The van der Waals surface area contributed by atoms with Crippen LogP contribution < -0.4 is 5.32 Å². The molecule has 0 unspecified atom stereocenters. The van der Waals surface area contributed by atoms with E-state index in [1.165, 1.54) is 24.4 Å². The van der Waals surface area contributed by atoms with Gasteiger partial charge in [0, 0.05) is 6.54 Å². The molecule has 14 heavy (non-hydrogen) atoms. The molecule has 0 radical (unpaired) electrons. The van der Waals surface area contributed by atoms with E-state index in [2.05, 4.69) is 22.7 Å². The number of aryl methyl sites for hydroxylation is 1. The summed E-state index contributed by atoms with van der Waals surface area (Å²) in [7, 11) is 0. The first-order chi connectivity index (χ1) is 6.79. The van der Waals surface area contributed by atoms with Crippen molar-refractivity contribution in [2.24, 2.45) is 0 Å². The molecule has 0 aromatic carbocycles. The molecule has 4 heteroatoms. The third kappa shape index (κ3) is 2.71. The fourth-order valence-corrected chi connectivity index (χ4v) is 1.97. The van der Waals surface area contributed by atoms with Crippen molar-refractivity contribution in [2.75, 3.05) is 11.9 Å². The van der Waals surface area contributed by atoms with Gasteiger partial charge in [-0.25, -0.2) is 0 Å². The highest BCUT2D eigenvalue weighted by Crippen LogP contribution is 2.23. The standard InChI is InChI=1S/C10H15N3S/c1-3-4-5-6-12-10-9(7-11)8(2)13-14-10/h12H,3-6H2,1-2H3. The summed E-state index contributed by atoms with van der Waals surface area (Å²) >= 11 is 1.38. The fourth-order valence-electron chi connectivity index (χ4n) is 1.20. The fraction of sp³-hybridized carbons (Fsp3) is 0.600. The lowest BCUT2D eigenvalue weighted by atomic mass is 10.2. The van der Waals surface area contributed by atoms with Crippen LogP contribution in [0.3, 0.4) is 0 Å². The van der Waals surface area contributed by atoms with Crippen molar-refractivity contribution in [3.8, 4) is 6.07 Å². The summed E-state index contributed by atoms with van der Waals surface area (Å²) in [6.45, 7) is 4.98. The van der Waals surface area contributed by atoms with E-state index in [1.807, 2.05) is 6.92 Å². The van der Waals surface area contributed by atoms with Gasteiger partial charge >= 0.3 is 0 Å². The van der Waals surface area contributed by atoms with Crippen LogP contribution in [-0.4, -0.2) is 10.9 Å². The van der Waals surface area contributed by atoms with Gasteiger partial charge in [-0.05, 0) is 24.9 Å². The number of anilines is 1. The average Bonchev–Trinajstić information content (AvgIpc) is 2.54. The molecule has 0 saturated heterocycles. The summed E-state index contributed by atoms with van der Waals surface area (Å²) in [5.41, 5.74) is 1.53. The first-order valence-electron chi connectivity index (χ1n) is 4.89. The van der Waals surface area contributed by atoms with Gasteiger partial charge in [0.2, 0.25) is 0 Å². The summed E-state index contributed by atoms with van der Waals surface area (Å²) in [6, 6.07) is 2.17. The van der Waals surface area contributed by atoms with Crippen LogP contribution in [0.4, 0.5) is 5.00 Å². The summed E-state index contributed by atoms with van der Waals surface area (Å²) in [4.78, 5) is 0. The molecule has 1 N–H and O–H groups in total. The van der Waals surface area contributed by atoms with Gasteiger partial charge < -0.3 is 5.32 Å². The summed E-state index contributed by atoms with van der Waals surface area (Å²) in [5.74, 6) is 0. The quantitative estimate of drug-likeness (QED) is 0.758. The van der Waals surface area contributed by atoms with Crippen molar-refractivity contribution >= 4 is 16.5 Å². The molecule has 3 nitrogen and oxygen atoms in total. The number of aromatic nitrogens is 1. The molecule has 0 fully saturated rings. The summed E-state index contributed by atoms with van der Waals surface area (Å²) in [6.07, 6.45) is 3.60. The van der Waals surface area contributed by atoms with Gasteiger partial charge in [-0.2, -0.15) is 9.64 Å². The maximum Gasteiger partial charge on any atom is 0.127 e. The Labute approximate surface area is 88.9 Å². The number of nitrogens with zero attached hydrogens (tertiary/aromatic N) is 2. The molecular weight excluding hydrogens is 194 g/mol. The Morgan fingerprint density at radius 3 is 2.93 bits per heavy atom. The Hall–Kier alpha value is -1.08. The van der Waals surface area contributed by atoms with Crippen LogP contribution in [0.2, 0.25) is 0 Å². The van der Waals surface area contributed by atoms with E-state index in [0.717, 1.165) is 23.7 Å². The number of nitrogens with one attached hydrogen (secondary N) is 1. The highest BCUT2D eigenvalue weighted by molar-refractivity contribution is 7.10. The second kappa shape index (κ2) is 5.61. The topological polar surface area (TPSA) is 48.7 Å². The first-order valence-corrected chi connectivity index (χ1v) is 5.67. The highest BCUT2D eigenvalue weighted by Gasteiger charge is 2.08. The minimum atomic E-state index is 0.700. The number of hydrogen-bond acceptors (Lipinski definition) is 4. The van der Waals surface area contributed by atoms with Crippen molar-refractivity contribution in [1.29, 1.82) is 5.26 Å². The van der Waals surface area contributed by atoms with E-state index >= 15 is 0 Å². The lowest BCUT2D eigenvalue weighted by Crippen LogP contribution is -2.00. The predicted molar refractivity (Wildman–Crippen MR) is 59.6 cm³/mol. The monoisotopic (exact) mass is 209 g/mol. The van der Waals surface area contributed by atoms with E-state index in [-0.39, 0.29) is 0 Å². The van der Waals surface area contributed by atoms with Crippen LogP contribution in [0, 0.1) is 18.3 Å². The second-order valence-electron chi connectivity index (χ2n) is 3.22. The zero-order valence-electron chi connectivity index (χ0n) is 8.63. The minimum absolute atomic E-state index is 0.700. The molecule has 0 bridgehead atoms. The molecule has 0 atom stereocenters. The van der Waals surface area contributed by atoms with Crippen molar-refractivity contribution in [3.63, 3.8) is 0 Å². The molecular formula is C10H15N3S. The maximum absolute atomic E-state index is 8.87. The predicted octanol–water partition coefficient (Wildman–Crippen LogP) is 2.93. The number of rotatable bonds is 5. The van der Waals surface area contributed by atoms with Crippen LogP contribution in [-0.2, 0) is 0 Å². The van der Waals surface area contributed by atoms with E-state index in [4.69, 9.17) is 5.26 Å². The number of nitriles is 1. The van der Waals surface area contributed by atoms with Gasteiger partial charge in [-0.15, -0.1) is 0 Å². The van der Waals surface area contributed by atoms with Gasteiger partial charge in [0.15, 0.2) is 0 Å². The van der Waals surface area contributed by atoms with Crippen LogP contribution in [0.1, 0.15) is 37.4 Å². The average molecular weight is 209 g/mol. The molecule has 0 saturated carbocycles. The lowest BCUT2D eigenvalue weighted by molar-refractivity contribution is 0.744. The molecule has 1 aromatic heterocycles. The van der Waals surface area contributed by atoms with E-state index in [9.17, 15) is 0 Å². The maximum atomic E-state index is 8.87. The van der Waals surface area contributed by atoms with Crippen molar-refractivity contribution in [3.05, 3.63) is 11.3 Å². The van der Waals surface area contributed by atoms with Crippen LogP contribution in [0.25, 0.3) is 0 Å². The highest BCUT2D eigenvalue weighted by atomic mass is 32.1. The summed E-state index contributed by atoms with van der Waals surface area (Å²) < 4.78 is 4.14. The van der Waals surface area contributed by atoms with Crippen molar-refractivity contribution in [2.45, 2.75) is 33.1 Å². The lowest BCUT2D eigenvalue weighted by Gasteiger charge is -2.01. The number of unbranched alkanes of at least 4 members (excludes halogenated alkanes) is 2. The molecule has 1 heterocycles. The van der Waals surface area contributed by atoms with Gasteiger partial charge in [0.25, 0.3) is 0 Å². The zero-order chi connectivity index (χ0) is 10.4. The molecule has 0 aliphatic heterocycles. The van der Waals surface area contributed by atoms with Crippen molar-refractivity contribution in [1.82, 2.24) is 4.37 Å². The van der Waals surface area contributed by atoms with Crippen molar-refractivity contribution < 1.29 is 0 Å². The third-order valence-electron chi connectivity index (χ3n) is 2.04. The Kier molecular flexibility index (Phi) is 4.41. The van der Waals surface area contributed by atoms with Crippen LogP contribution in [0.15, 0.2) is 0 Å². The normalized spacial score (nSPS) is 9.79. The SMILES string of the molecule is CCCCCNc1snc(C)c1C#N. The van der Waals surface area contributed by atoms with Gasteiger partial charge in [-0.3, -0.25) is 0 Å². The van der Waals surface area contributed by atoms with E-state index in [0.29, 0.717) is 5.56 Å². The first kappa shape index (κ1) is 11.0. The molecule has 76 valence electrons. The third-order valence-corrected chi connectivity index (χ3v) is 2.94. The van der Waals surface area contributed by atoms with Gasteiger partial charge in [0.1, 0.15) is 16.6 Å². The minimum Gasteiger partial charge on any atom is -0.375 e. The van der Waals surface area contributed by atoms with Gasteiger partial charge in [-0.1, -0.05) is 19.8 Å². The molecule has 0 aliphatic rings. The Morgan fingerprint density at radius 1 is 1.50 bits per heavy atom. The zero-order valence-corrected chi connectivity index (χ0v) is 9.45. The molecule has 1 aromatic rings. The second-order valence-corrected chi connectivity index (χ2v) is 3.99. The van der Waals surface area contributed by atoms with Crippen LogP contribution in [0.5, 0.6) is 0 Å². The number of hydrogen-bond donors (Lipinski definition) is 1. The Balaban J connectivity index is 2.47. The Morgan fingerprint density at radius 2 is 2.29 bits per heavy atom. The molecule has 0 spiro atoms. The van der Waals surface area contributed by atoms with Gasteiger partial charge in [0.05, 0.1) is 5.69 Å². The van der Waals surface area contributed by atoms with E-state index in [1.54, 1.807) is 0 Å². The summed E-state index contributed by atoms with van der Waals surface area (Å²) in [5, 5.41) is 13.0. The Bertz CT molecular complexity index is 325. The van der Waals surface area contributed by atoms with Crippen LogP contribution >= 0.6 is 11.5 Å². The smallest absolute Gasteiger partial charge is 0.127 e.